The van der Waals surface area contributed by atoms with E-state index in [4.69, 9.17) is 9.40 Å². The van der Waals surface area contributed by atoms with E-state index in [2.05, 4.69) is 14.6 Å². The lowest BCUT2D eigenvalue weighted by molar-refractivity contribution is -0.274. The van der Waals surface area contributed by atoms with Crippen LogP contribution in [0.25, 0.3) is 17.1 Å². The third-order valence-electron chi connectivity index (χ3n) is 6.56. The molecule has 9 heteroatoms. The minimum atomic E-state index is -4.67. The van der Waals surface area contributed by atoms with Crippen LogP contribution in [0.4, 0.5) is 13.2 Å². The predicted molar refractivity (Wildman–Crippen MR) is 129 cm³/mol. The van der Waals surface area contributed by atoms with E-state index in [9.17, 15) is 13.2 Å². The molecule has 0 spiro atoms. The van der Waals surface area contributed by atoms with Gasteiger partial charge in [-0.3, -0.25) is 4.90 Å². The average Bonchev–Trinajstić information content (AvgIpc) is 3.45. The van der Waals surface area contributed by atoms with Gasteiger partial charge in [0.2, 0.25) is 5.89 Å². The van der Waals surface area contributed by atoms with E-state index in [1.165, 1.54) is 12.1 Å². The second-order valence-electron chi connectivity index (χ2n) is 9.16. The Labute approximate surface area is 207 Å². The van der Waals surface area contributed by atoms with Gasteiger partial charge in [-0.25, -0.2) is 9.97 Å². The van der Waals surface area contributed by atoms with Crippen LogP contribution in [-0.4, -0.2) is 38.9 Å². The van der Waals surface area contributed by atoms with Crippen molar-refractivity contribution in [3.63, 3.8) is 0 Å². The van der Waals surface area contributed by atoms with Crippen LogP contribution in [-0.2, 0) is 6.54 Å². The molecular formula is C27H27F3N4O2. The summed E-state index contributed by atoms with van der Waals surface area (Å²) in [5, 5.41) is 0. The monoisotopic (exact) mass is 496 g/mol. The first-order chi connectivity index (χ1) is 17.2. The average molecular weight is 497 g/mol. The summed E-state index contributed by atoms with van der Waals surface area (Å²) in [6, 6.07) is 14.3. The van der Waals surface area contributed by atoms with Crippen LogP contribution < -0.4 is 4.74 Å². The molecule has 0 bridgehead atoms. The van der Waals surface area contributed by atoms with E-state index in [1.807, 2.05) is 48.9 Å². The number of hydrogen-bond acceptors (Lipinski definition) is 5. The summed E-state index contributed by atoms with van der Waals surface area (Å²) >= 11 is 0. The number of oxazole rings is 1. The standard InChI is InChI=1S/C27H27F3N4O2/c1-18-15-34(17-31-18)23-7-3-22(4-8-23)26-32-25(19(2)35-26)16-33-13-11-21(12-14-33)20-5-9-24(10-6-20)36-27(28,29)30/h3-10,15,17,21H,11-14,16H2,1-2H3. The highest BCUT2D eigenvalue weighted by atomic mass is 19.4. The maximum atomic E-state index is 12.4. The molecule has 0 amide bonds. The first kappa shape index (κ1) is 24.1. The number of aryl methyl sites for hydroxylation is 2. The smallest absolute Gasteiger partial charge is 0.441 e. The Bertz CT molecular complexity index is 1300. The van der Waals surface area contributed by atoms with Crippen molar-refractivity contribution in [2.75, 3.05) is 13.1 Å². The molecule has 36 heavy (non-hydrogen) atoms. The van der Waals surface area contributed by atoms with Gasteiger partial charge in [-0.15, -0.1) is 13.2 Å². The van der Waals surface area contributed by atoms with Crippen LogP contribution in [0.5, 0.6) is 5.75 Å². The molecule has 1 aliphatic heterocycles. The van der Waals surface area contributed by atoms with Crippen LogP contribution in [0.1, 0.15) is 41.5 Å². The molecule has 0 atom stereocenters. The van der Waals surface area contributed by atoms with Gasteiger partial charge in [0.15, 0.2) is 0 Å². The molecule has 3 heterocycles. The van der Waals surface area contributed by atoms with Gasteiger partial charge < -0.3 is 13.7 Å². The number of piperidine rings is 1. The Morgan fingerprint density at radius 2 is 1.69 bits per heavy atom. The highest BCUT2D eigenvalue weighted by Crippen LogP contribution is 2.32. The Kier molecular flexibility index (Phi) is 6.57. The lowest BCUT2D eigenvalue weighted by Gasteiger charge is -2.31. The highest BCUT2D eigenvalue weighted by molar-refractivity contribution is 5.56. The van der Waals surface area contributed by atoms with E-state index < -0.39 is 6.36 Å². The third-order valence-corrected chi connectivity index (χ3v) is 6.56. The first-order valence-corrected chi connectivity index (χ1v) is 11.9. The summed E-state index contributed by atoms with van der Waals surface area (Å²) in [5.74, 6) is 1.54. The van der Waals surface area contributed by atoms with Crippen LogP contribution in [0.15, 0.2) is 65.5 Å². The summed E-state index contributed by atoms with van der Waals surface area (Å²) in [5.41, 5.74) is 4.86. The molecule has 6 nitrogen and oxygen atoms in total. The maximum Gasteiger partial charge on any atom is 0.573 e. The summed E-state index contributed by atoms with van der Waals surface area (Å²) in [4.78, 5) is 11.4. The number of alkyl halides is 3. The van der Waals surface area contributed by atoms with Gasteiger partial charge in [0, 0.05) is 24.0 Å². The lowest BCUT2D eigenvalue weighted by Crippen LogP contribution is -2.32. The second-order valence-corrected chi connectivity index (χ2v) is 9.16. The fourth-order valence-corrected chi connectivity index (χ4v) is 4.61. The number of likely N-dealkylation sites (tertiary alicyclic amines) is 1. The van der Waals surface area contributed by atoms with Crippen molar-refractivity contribution in [1.82, 2.24) is 19.4 Å². The highest BCUT2D eigenvalue weighted by Gasteiger charge is 2.31. The molecule has 1 aliphatic rings. The van der Waals surface area contributed by atoms with Gasteiger partial charge >= 0.3 is 6.36 Å². The van der Waals surface area contributed by atoms with Crippen molar-refractivity contribution in [3.05, 3.63) is 83.8 Å². The van der Waals surface area contributed by atoms with E-state index in [-0.39, 0.29) is 5.75 Å². The summed E-state index contributed by atoms with van der Waals surface area (Å²) < 4.78 is 49.1. The molecule has 2 aromatic heterocycles. The molecule has 2 aromatic carbocycles. The molecule has 1 saturated heterocycles. The molecule has 0 aliphatic carbocycles. The Hall–Kier alpha value is -3.59. The Balaban J connectivity index is 1.18. The Morgan fingerprint density at radius 3 is 2.31 bits per heavy atom. The number of benzene rings is 2. The first-order valence-electron chi connectivity index (χ1n) is 11.9. The molecule has 5 rings (SSSR count). The van der Waals surface area contributed by atoms with Crippen molar-refractivity contribution in [3.8, 4) is 22.9 Å². The van der Waals surface area contributed by atoms with Gasteiger partial charge in [0.1, 0.15) is 11.5 Å². The van der Waals surface area contributed by atoms with Gasteiger partial charge in [-0.05, 0) is 87.7 Å². The van der Waals surface area contributed by atoms with E-state index in [0.717, 1.165) is 59.9 Å². The molecular weight excluding hydrogens is 469 g/mol. The van der Waals surface area contributed by atoms with Gasteiger partial charge in [-0.1, -0.05) is 12.1 Å². The van der Waals surface area contributed by atoms with Crippen LogP contribution in [0.2, 0.25) is 0 Å². The minimum Gasteiger partial charge on any atom is -0.441 e. The number of imidazole rings is 1. The molecule has 0 unspecified atom stereocenters. The SMILES string of the molecule is Cc1cn(-c2ccc(-c3nc(CN4CCC(c5ccc(OC(F)(F)F)cc5)CC4)c(C)o3)cc2)cn1. The number of ether oxygens (including phenoxy) is 1. The zero-order valence-corrected chi connectivity index (χ0v) is 20.1. The van der Waals surface area contributed by atoms with Crippen LogP contribution >= 0.6 is 0 Å². The van der Waals surface area contributed by atoms with E-state index >= 15 is 0 Å². The number of halogens is 3. The van der Waals surface area contributed by atoms with Crippen LogP contribution in [0, 0.1) is 13.8 Å². The van der Waals surface area contributed by atoms with Crippen molar-refractivity contribution in [2.24, 2.45) is 0 Å². The van der Waals surface area contributed by atoms with Crippen molar-refractivity contribution >= 4 is 0 Å². The number of aromatic nitrogens is 3. The largest absolute Gasteiger partial charge is 0.573 e. The molecule has 0 N–H and O–H groups in total. The molecule has 1 fully saturated rings. The van der Waals surface area contributed by atoms with E-state index in [1.54, 1.807) is 18.5 Å². The van der Waals surface area contributed by atoms with Crippen molar-refractivity contribution < 1.29 is 22.3 Å². The predicted octanol–water partition coefficient (Wildman–Crippen LogP) is 6.42. The minimum absolute atomic E-state index is 0.188. The molecule has 0 radical (unpaired) electrons. The summed E-state index contributed by atoms with van der Waals surface area (Å²) in [6.45, 7) is 6.36. The third kappa shape index (κ3) is 5.62. The van der Waals surface area contributed by atoms with E-state index in [0.29, 0.717) is 18.4 Å². The zero-order chi connectivity index (χ0) is 25.3. The van der Waals surface area contributed by atoms with Crippen molar-refractivity contribution in [1.29, 1.82) is 0 Å². The second kappa shape index (κ2) is 9.81. The molecule has 4 aromatic rings. The lowest BCUT2D eigenvalue weighted by atomic mass is 9.89. The quantitative estimate of drug-likeness (QED) is 0.308. The number of rotatable bonds is 6. The van der Waals surface area contributed by atoms with Gasteiger partial charge in [-0.2, -0.15) is 0 Å². The number of hydrogen-bond donors (Lipinski definition) is 0. The topological polar surface area (TPSA) is 56.3 Å². The molecule has 0 saturated carbocycles. The van der Waals surface area contributed by atoms with Crippen molar-refractivity contribution in [2.45, 2.75) is 45.5 Å². The molecule has 188 valence electrons. The van der Waals surface area contributed by atoms with Crippen LogP contribution in [0.3, 0.4) is 0 Å². The Morgan fingerprint density at radius 1 is 1.00 bits per heavy atom. The van der Waals surface area contributed by atoms with Gasteiger partial charge in [0.25, 0.3) is 0 Å². The fraction of sp³-hybridized carbons (Fsp3) is 0.333. The fourth-order valence-electron chi connectivity index (χ4n) is 4.61. The summed E-state index contributed by atoms with van der Waals surface area (Å²) in [7, 11) is 0. The zero-order valence-electron chi connectivity index (χ0n) is 20.1. The normalized spacial score (nSPS) is 15.4. The number of nitrogens with zero attached hydrogens (tertiary/aromatic N) is 4. The summed E-state index contributed by atoms with van der Waals surface area (Å²) in [6.07, 6.45) is 0.952. The van der Waals surface area contributed by atoms with Gasteiger partial charge in [0.05, 0.1) is 17.7 Å². The maximum absolute atomic E-state index is 12.4.